The van der Waals surface area contributed by atoms with E-state index in [1.807, 2.05) is 13.0 Å². The number of halogens is 2. The Labute approximate surface area is 169 Å². The molecule has 1 aromatic heterocycles. The van der Waals surface area contributed by atoms with E-state index in [9.17, 15) is 8.78 Å². The molecule has 1 aliphatic rings. The molecule has 2 heterocycles. The molecule has 0 aliphatic carbocycles. The van der Waals surface area contributed by atoms with Gasteiger partial charge in [0.15, 0.2) is 11.6 Å². The van der Waals surface area contributed by atoms with Gasteiger partial charge in [0.25, 0.3) is 0 Å². The Balaban J connectivity index is 1.42. The maximum atomic E-state index is 13.5. The minimum atomic E-state index is -0.893. The van der Waals surface area contributed by atoms with Crippen LogP contribution >= 0.6 is 0 Å². The molecular weight excluding hydrogens is 372 g/mol. The molecule has 2 aromatic carbocycles. The zero-order valence-electron chi connectivity index (χ0n) is 16.3. The molecule has 0 bridgehead atoms. The summed E-state index contributed by atoms with van der Waals surface area (Å²) in [4.78, 5) is 13.7. The highest BCUT2D eigenvalue weighted by atomic mass is 19.2. The third-order valence-electron chi connectivity index (χ3n) is 4.94. The second kappa shape index (κ2) is 8.53. The molecule has 1 fully saturated rings. The molecule has 1 saturated heterocycles. The molecule has 29 heavy (non-hydrogen) atoms. The third kappa shape index (κ3) is 4.86. The van der Waals surface area contributed by atoms with Crippen LogP contribution in [0, 0.1) is 18.6 Å². The summed E-state index contributed by atoms with van der Waals surface area (Å²) in [6.07, 6.45) is 0. The number of aryl methyl sites for hydroxylation is 1. The number of anilines is 3. The molecule has 1 N–H and O–H groups in total. The van der Waals surface area contributed by atoms with Gasteiger partial charge < -0.3 is 10.2 Å². The van der Waals surface area contributed by atoms with E-state index in [1.54, 1.807) is 6.07 Å². The third-order valence-corrected chi connectivity index (χ3v) is 4.94. The smallest absolute Gasteiger partial charge is 0.227 e. The summed E-state index contributed by atoms with van der Waals surface area (Å²) in [5.41, 5.74) is 2.57. The Morgan fingerprint density at radius 3 is 2.38 bits per heavy atom. The summed E-state index contributed by atoms with van der Waals surface area (Å²) in [6.45, 7) is 6.36. The highest BCUT2D eigenvalue weighted by molar-refractivity contribution is 5.58. The van der Waals surface area contributed by atoms with Gasteiger partial charge in [0.05, 0.1) is 0 Å². The van der Waals surface area contributed by atoms with Gasteiger partial charge >= 0.3 is 0 Å². The van der Waals surface area contributed by atoms with E-state index >= 15 is 0 Å². The van der Waals surface area contributed by atoms with Crippen LogP contribution in [-0.4, -0.2) is 41.0 Å². The van der Waals surface area contributed by atoms with Crippen molar-refractivity contribution in [3.63, 3.8) is 0 Å². The number of benzene rings is 2. The Kier molecular flexibility index (Phi) is 5.67. The summed E-state index contributed by atoms with van der Waals surface area (Å²) >= 11 is 0. The van der Waals surface area contributed by atoms with Crippen LogP contribution in [0.1, 0.15) is 11.3 Å². The summed E-state index contributed by atoms with van der Waals surface area (Å²) in [7, 11) is 0. The summed E-state index contributed by atoms with van der Waals surface area (Å²) < 4.78 is 26.6. The number of nitrogens with zero attached hydrogens (tertiary/aromatic N) is 4. The van der Waals surface area contributed by atoms with Crippen molar-refractivity contribution in [1.82, 2.24) is 14.9 Å². The average molecular weight is 395 g/mol. The first kappa shape index (κ1) is 19.3. The van der Waals surface area contributed by atoms with Crippen molar-refractivity contribution in [1.29, 1.82) is 0 Å². The lowest BCUT2D eigenvalue weighted by molar-refractivity contribution is 0.248. The zero-order chi connectivity index (χ0) is 20.2. The fraction of sp³-hybridized carbons (Fsp3) is 0.273. The Hall–Kier alpha value is -3.06. The van der Waals surface area contributed by atoms with Gasteiger partial charge in [-0.2, -0.15) is 4.98 Å². The molecule has 4 rings (SSSR count). The molecule has 0 saturated carbocycles. The van der Waals surface area contributed by atoms with Gasteiger partial charge in [-0.25, -0.2) is 13.8 Å². The van der Waals surface area contributed by atoms with Crippen molar-refractivity contribution >= 4 is 17.5 Å². The summed E-state index contributed by atoms with van der Waals surface area (Å²) in [5.74, 6) is -0.557. The first-order valence-electron chi connectivity index (χ1n) is 9.66. The van der Waals surface area contributed by atoms with E-state index in [0.29, 0.717) is 17.5 Å². The van der Waals surface area contributed by atoms with E-state index in [4.69, 9.17) is 0 Å². The Bertz CT molecular complexity index is 972. The number of nitrogens with one attached hydrogen (secondary N) is 1. The fourth-order valence-corrected chi connectivity index (χ4v) is 3.43. The molecule has 0 atom stereocenters. The van der Waals surface area contributed by atoms with Crippen LogP contribution in [-0.2, 0) is 6.54 Å². The predicted octanol–water partition coefficient (Wildman–Crippen LogP) is 4.13. The van der Waals surface area contributed by atoms with Gasteiger partial charge in [-0.1, -0.05) is 30.3 Å². The van der Waals surface area contributed by atoms with Crippen molar-refractivity contribution in [3.8, 4) is 0 Å². The van der Waals surface area contributed by atoms with Crippen molar-refractivity contribution in [2.75, 3.05) is 36.4 Å². The molecule has 3 aromatic rings. The number of rotatable bonds is 5. The quantitative estimate of drug-likeness (QED) is 0.704. The van der Waals surface area contributed by atoms with E-state index in [0.717, 1.165) is 50.6 Å². The van der Waals surface area contributed by atoms with Crippen LogP contribution in [0.4, 0.5) is 26.2 Å². The molecule has 0 amide bonds. The van der Waals surface area contributed by atoms with E-state index in [1.165, 1.54) is 11.6 Å². The Morgan fingerprint density at radius 2 is 1.66 bits per heavy atom. The van der Waals surface area contributed by atoms with Gasteiger partial charge in [0, 0.05) is 56.2 Å². The first-order chi connectivity index (χ1) is 14.1. The highest BCUT2D eigenvalue weighted by Gasteiger charge is 2.20. The van der Waals surface area contributed by atoms with Crippen molar-refractivity contribution in [2.24, 2.45) is 0 Å². The molecule has 0 spiro atoms. The highest BCUT2D eigenvalue weighted by Crippen LogP contribution is 2.21. The second-order valence-electron chi connectivity index (χ2n) is 7.20. The number of hydrogen-bond donors (Lipinski definition) is 1. The molecule has 0 radical (unpaired) electrons. The topological polar surface area (TPSA) is 44.3 Å². The van der Waals surface area contributed by atoms with Gasteiger partial charge in [-0.3, -0.25) is 4.90 Å². The number of piperazine rings is 1. The lowest BCUT2D eigenvalue weighted by Crippen LogP contribution is -2.46. The minimum absolute atomic E-state index is 0.445. The predicted molar refractivity (Wildman–Crippen MR) is 110 cm³/mol. The normalized spacial score (nSPS) is 14.8. The Morgan fingerprint density at radius 1 is 0.897 bits per heavy atom. The maximum Gasteiger partial charge on any atom is 0.227 e. The van der Waals surface area contributed by atoms with E-state index in [2.05, 4.69) is 49.4 Å². The number of hydrogen-bond acceptors (Lipinski definition) is 5. The van der Waals surface area contributed by atoms with Gasteiger partial charge in [-0.05, 0) is 24.6 Å². The van der Waals surface area contributed by atoms with Crippen LogP contribution in [0.2, 0.25) is 0 Å². The summed E-state index contributed by atoms with van der Waals surface area (Å²) in [6, 6.07) is 15.9. The van der Waals surface area contributed by atoms with Crippen molar-refractivity contribution in [2.45, 2.75) is 13.5 Å². The van der Waals surface area contributed by atoms with Crippen molar-refractivity contribution in [3.05, 3.63) is 77.5 Å². The van der Waals surface area contributed by atoms with E-state index in [-0.39, 0.29) is 0 Å². The standard InChI is InChI=1S/C22H23F2N5/c1-16-13-21(26-18-7-8-19(23)20(24)14-18)27-22(25-16)29-11-9-28(10-12-29)15-17-5-3-2-4-6-17/h2-8,13-14H,9-12,15H2,1H3,(H,25,26,27). The fourth-order valence-electron chi connectivity index (χ4n) is 3.43. The first-order valence-corrected chi connectivity index (χ1v) is 9.66. The average Bonchev–Trinajstić information content (AvgIpc) is 2.72. The van der Waals surface area contributed by atoms with Gasteiger partial charge in [-0.15, -0.1) is 0 Å². The maximum absolute atomic E-state index is 13.5. The molecule has 0 unspecified atom stereocenters. The molecular formula is C22H23F2N5. The summed E-state index contributed by atoms with van der Waals surface area (Å²) in [5, 5.41) is 3.04. The lowest BCUT2D eigenvalue weighted by atomic mass is 10.2. The van der Waals surface area contributed by atoms with E-state index < -0.39 is 11.6 Å². The van der Waals surface area contributed by atoms with Crippen LogP contribution < -0.4 is 10.2 Å². The van der Waals surface area contributed by atoms with Crippen LogP contribution in [0.15, 0.2) is 54.6 Å². The molecule has 1 aliphatic heterocycles. The SMILES string of the molecule is Cc1cc(Nc2ccc(F)c(F)c2)nc(N2CCN(Cc3ccccc3)CC2)n1. The minimum Gasteiger partial charge on any atom is -0.340 e. The number of aromatic nitrogens is 2. The molecule has 150 valence electrons. The lowest BCUT2D eigenvalue weighted by Gasteiger charge is -2.35. The van der Waals surface area contributed by atoms with Crippen LogP contribution in [0.25, 0.3) is 0 Å². The van der Waals surface area contributed by atoms with Crippen LogP contribution in [0.3, 0.4) is 0 Å². The molecule has 5 nitrogen and oxygen atoms in total. The second-order valence-corrected chi connectivity index (χ2v) is 7.20. The molecule has 7 heteroatoms. The monoisotopic (exact) mass is 395 g/mol. The van der Waals surface area contributed by atoms with Gasteiger partial charge in [0.2, 0.25) is 5.95 Å². The largest absolute Gasteiger partial charge is 0.340 e. The zero-order valence-corrected chi connectivity index (χ0v) is 16.3. The van der Waals surface area contributed by atoms with Gasteiger partial charge in [0.1, 0.15) is 5.82 Å². The van der Waals surface area contributed by atoms with Crippen LogP contribution in [0.5, 0.6) is 0 Å². The van der Waals surface area contributed by atoms with Crippen molar-refractivity contribution < 1.29 is 8.78 Å².